The number of anilines is 1. The first kappa shape index (κ1) is 19.2. The van der Waals surface area contributed by atoms with Crippen molar-refractivity contribution in [1.82, 2.24) is 9.29 Å². The number of hydrogen-bond donors (Lipinski definition) is 3. The maximum atomic E-state index is 13.3. The van der Waals surface area contributed by atoms with E-state index in [1.165, 1.54) is 43.0 Å². The van der Waals surface area contributed by atoms with Gasteiger partial charge in [0.05, 0.1) is 12.1 Å². The number of aliphatic hydroxyl groups excluding tert-OH is 1. The largest absolute Gasteiger partial charge is 0.391 e. The molecule has 0 saturated heterocycles. The minimum Gasteiger partial charge on any atom is -0.391 e. The maximum absolute atomic E-state index is 13.3. The van der Waals surface area contributed by atoms with E-state index in [1.54, 1.807) is 0 Å². The normalized spacial score (nSPS) is 19.2. The molecule has 3 N–H and O–H groups in total. The van der Waals surface area contributed by atoms with Crippen molar-refractivity contribution in [3.63, 3.8) is 0 Å². The van der Waals surface area contributed by atoms with Crippen molar-refractivity contribution in [3.8, 4) is 0 Å². The zero-order valence-electron chi connectivity index (χ0n) is 14.4. The molecule has 2 heterocycles. The van der Waals surface area contributed by atoms with E-state index in [2.05, 4.69) is 10.0 Å². The zero-order valence-corrected chi connectivity index (χ0v) is 15.2. The molecule has 0 radical (unpaired) electrons. The first-order chi connectivity index (χ1) is 12.6. The number of hydrogen-bond acceptors (Lipinski definition) is 4. The molecule has 7 nitrogen and oxygen atoms in total. The summed E-state index contributed by atoms with van der Waals surface area (Å²) in [5.74, 6) is -2.87. The molecule has 10 heteroatoms. The summed E-state index contributed by atoms with van der Waals surface area (Å²) in [4.78, 5) is 12.5. The molecule has 1 aliphatic rings. The Kier molecular flexibility index (Phi) is 4.89. The Morgan fingerprint density at radius 3 is 2.67 bits per heavy atom. The van der Waals surface area contributed by atoms with Crippen molar-refractivity contribution < 1.29 is 27.1 Å². The second-order valence-electron chi connectivity index (χ2n) is 6.20. The Labute approximate surface area is 154 Å². The van der Waals surface area contributed by atoms with Gasteiger partial charge in [-0.2, -0.15) is 0 Å². The molecule has 1 aromatic carbocycles. The molecule has 0 spiro atoms. The van der Waals surface area contributed by atoms with Gasteiger partial charge in [-0.3, -0.25) is 4.79 Å². The first-order valence-electron chi connectivity index (χ1n) is 7.94. The SMILES string of the molecule is C[C@H](O)C1C=Cc2c(cn(C)c2C(=O)Nc2ccc(F)c(F)c2)S(=O)(=O)N1. The molecule has 0 bridgehead atoms. The van der Waals surface area contributed by atoms with Gasteiger partial charge >= 0.3 is 0 Å². The highest BCUT2D eigenvalue weighted by Gasteiger charge is 2.31. The monoisotopic (exact) mass is 397 g/mol. The minimum absolute atomic E-state index is 0.0163. The molecular formula is C17H17F2N3O4S. The number of fused-ring (bicyclic) bond motifs is 1. The number of aromatic nitrogens is 1. The molecule has 144 valence electrons. The van der Waals surface area contributed by atoms with Crippen molar-refractivity contribution in [2.45, 2.75) is 24.0 Å². The van der Waals surface area contributed by atoms with Crippen LogP contribution in [-0.4, -0.2) is 36.1 Å². The van der Waals surface area contributed by atoms with E-state index in [-0.39, 0.29) is 21.8 Å². The van der Waals surface area contributed by atoms with Gasteiger partial charge in [-0.25, -0.2) is 21.9 Å². The lowest BCUT2D eigenvalue weighted by Gasteiger charge is -2.15. The topological polar surface area (TPSA) is 100 Å². The number of sulfonamides is 1. The van der Waals surface area contributed by atoms with Gasteiger partial charge in [-0.15, -0.1) is 0 Å². The number of carbonyl (C=O) groups is 1. The molecule has 27 heavy (non-hydrogen) atoms. The van der Waals surface area contributed by atoms with Crippen molar-refractivity contribution in [2.24, 2.45) is 7.05 Å². The van der Waals surface area contributed by atoms with E-state index < -0.39 is 39.7 Å². The highest BCUT2D eigenvalue weighted by Crippen LogP contribution is 2.27. The van der Waals surface area contributed by atoms with Crippen molar-refractivity contribution in [2.75, 3.05) is 5.32 Å². The van der Waals surface area contributed by atoms with Gasteiger partial charge < -0.3 is 15.0 Å². The van der Waals surface area contributed by atoms with Gasteiger partial charge in [0.2, 0.25) is 10.0 Å². The Morgan fingerprint density at radius 1 is 1.33 bits per heavy atom. The fourth-order valence-electron chi connectivity index (χ4n) is 2.78. The van der Waals surface area contributed by atoms with Crippen LogP contribution in [-0.2, 0) is 17.1 Å². The first-order valence-corrected chi connectivity index (χ1v) is 9.43. The molecule has 2 aromatic rings. The number of carbonyl (C=O) groups excluding carboxylic acids is 1. The van der Waals surface area contributed by atoms with E-state index in [1.807, 2.05) is 0 Å². The fraction of sp³-hybridized carbons (Fsp3) is 0.235. The number of rotatable bonds is 3. The van der Waals surface area contributed by atoms with Crippen LogP contribution >= 0.6 is 0 Å². The van der Waals surface area contributed by atoms with Gasteiger partial charge in [0.1, 0.15) is 10.6 Å². The number of halogens is 2. The second kappa shape index (κ2) is 6.87. The molecule has 3 rings (SSSR count). The van der Waals surface area contributed by atoms with Crippen LogP contribution in [0, 0.1) is 11.6 Å². The third-order valence-corrected chi connectivity index (χ3v) is 5.63. The van der Waals surface area contributed by atoms with Gasteiger partial charge in [-0.1, -0.05) is 12.2 Å². The van der Waals surface area contributed by atoms with Crippen LogP contribution < -0.4 is 10.0 Å². The fourth-order valence-corrected chi connectivity index (χ4v) is 4.29. The molecular weight excluding hydrogens is 380 g/mol. The van der Waals surface area contributed by atoms with Crippen LogP contribution in [0.4, 0.5) is 14.5 Å². The van der Waals surface area contributed by atoms with Gasteiger partial charge in [-0.05, 0) is 19.1 Å². The Morgan fingerprint density at radius 2 is 2.04 bits per heavy atom. The number of nitrogens with zero attached hydrogens (tertiary/aromatic N) is 1. The van der Waals surface area contributed by atoms with Crippen molar-refractivity contribution in [3.05, 3.63) is 53.4 Å². The van der Waals surface area contributed by atoms with E-state index in [9.17, 15) is 27.1 Å². The molecule has 0 saturated carbocycles. The minimum atomic E-state index is -3.98. The number of aliphatic hydroxyl groups is 1. The number of aryl methyl sites for hydroxylation is 1. The predicted octanol–water partition coefficient (Wildman–Crippen LogP) is 1.61. The second-order valence-corrected chi connectivity index (χ2v) is 7.88. The number of nitrogens with one attached hydrogen (secondary N) is 2. The molecule has 1 unspecified atom stereocenters. The Balaban J connectivity index is 2.03. The van der Waals surface area contributed by atoms with E-state index in [0.29, 0.717) is 0 Å². The quantitative estimate of drug-likeness (QED) is 0.733. The van der Waals surface area contributed by atoms with E-state index in [0.717, 1.165) is 12.1 Å². The van der Waals surface area contributed by atoms with Crippen LogP contribution in [0.2, 0.25) is 0 Å². The average molecular weight is 397 g/mol. The molecule has 2 atom stereocenters. The molecule has 1 aromatic heterocycles. The van der Waals surface area contributed by atoms with Gasteiger partial charge in [0.25, 0.3) is 5.91 Å². The van der Waals surface area contributed by atoms with Crippen LogP contribution in [0.25, 0.3) is 6.08 Å². The Bertz CT molecular complexity index is 1040. The summed E-state index contributed by atoms with van der Waals surface area (Å²) in [6.07, 6.45) is 3.17. The van der Waals surface area contributed by atoms with Crippen LogP contribution in [0.3, 0.4) is 0 Å². The van der Waals surface area contributed by atoms with Gasteiger partial charge in [0, 0.05) is 30.6 Å². The van der Waals surface area contributed by atoms with E-state index >= 15 is 0 Å². The predicted molar refractivity (Wildman–Crippen MR) is 94.5 cm³/mol. The number of benzene rings is 1. The lowest BCUT2D eigenvalue weighted by molar-refractivity contribution is 0.101. The molecule has 0 aliphatic carbocycles. The smallest absolute Gasteiger partial charge is 0.272 e. The lowest BCUT2D eigenvalue weighted by atomic mass is 10.1. The summed E-state index contributed by atoms with van der Waals surface area (Å²) in [6, 6.07) is 2.04. The summed E-state index contributed by atoms with van der Waals surface area (Å²) in [5.41, 5.74) is 0.171. The highest BCUT2D eigenvalue weighted by atomic mass is 32.2. The lowest BCUT2D eigenvalue weighted by Crippen LogP contribution is -2.39. The van der Waals surface area contributed by atoms with Crippen molar-refractivity contribution >= 4 is 27.7 Å². The average Bonchev–Trinajstić information content (AvgIpc) is 2.85. The molecule has 1 amide bonds. The summed E-state index contributed by atoms with van der Waals surface area (Å²) in [5, 5.41) is 12.1. The van der Waals surface area contributed by atoms with E-state index in [4.69, 9.17) is 0 Å². The van der Waals surface area contributed by atoms with Crippen LogP contribution in [0.1, 0.15) is 23.0 Å². The third kappa shape index (κ3) is 3.64. The standard InChI is InChI=1S/C17H17F2N3O4S/c1-9(23)14-6-4-11-15(27(25,26)21-14)8-22(2)16(11)17(24)20-10-3-5-12(18)13(19)7-10/h3-9,14,21,23H,1-2H3,(H,20,24)/t9-,14?/m0/s1. The van der Waals surface area contributed by atoms with Crippen molar-refractivity contribution in [1.29, 1.82) is 0 Å². The highest BCUT2D eigenvalue weighted by molar-refractivity contribution is 7.89. The zero-order chi connectivity index (χ0) is 19.9. The van der Waals surface area contributed by atoms with Crippen LogP contribution in [0.15, 0.2) is 35.4 Å². The summed E-state index contributed by atoms with van der Waals surface area (Å²) < 4.78 is 55.1. The Hall–Kier alpha value is -2.56. The van der Waals surface area contributed by atoms with Crippen LogP contribution in [0.5, 0.6) is 0 Å². The maximum Gasteiger partial charge on any atom is 0.272 e. The summed E-state index contributed by atoms with van der Waals surface area (Å²) in [6.45, 7) is 1.43. The number of amides is 1. The molecule has 1 aliphatic heterocycles. The summed E-state index contributed by atoms with van der Waals surface area (Å²) in [7, 11) is -2.49. The summed E-state index contributed by atoms with van der Waals surface area (Å²) >= 11 is 0. The third-order valence-electron chi connectivity index (χ3n) is 4.15. The molecule has 0 fully saturated rings. The van der Waals surface area contributed by atoms with Gasteiger partial charge in [0.15, 0.2) is 11.6 Å².